The van der Waals surface area contributed by atoms with Crippen LogP contribution in [-0.4, -0.2) is 4.98 Å². The molecule has 0 bridgehead atoms. The Kier molecular flexibility index (Phi) is 15.4. The van der Waals surface area contributed by atoms with Gasteiger partial charge in [0.05, 0.1) is 0 Å². The second-order valence-electron chi connectivity index (χ2n) is 3.50. The molecule has 0 aliphatic heterocycles. The van der Waals surface area contributed by atoms with E-state index >= 15 is 0 Å². The number of aromatic amines is 1. The molecule has 1 heterocycles. The molecule has 2 aromatic rings. The van der Waals surface area contributed by atoms with Crippen molar-refractivity contribution in [2.24, 2.45) is 0 Å². The Balaban J connectivity index is -0.000000218. The number of H-pyrrole nitrogens is 1. The smallest absolute Gasteiger partial charge is 1.00 e. The monoisotopic (exact) mass is 291 g/mol. The van der Waals surface area contributed by atoms with E-state index in [9.17, 15) is 0 Å². The summed E-state index contributed by atoms with van der Waals surface area (Å²) in [4.78, 5) is 2.99. The number of rotatable bonds is 0. The van der Waals surface area contributed by atoms with E-state index < -0.39 is 0 Å². The van der Waals surface area contributed by atoms with Gasteiger partial charge in [0.1, 0.15) is 0 Å². The maximum atomic E-state index is 2.99. The van der Waals surface area contributed by atoms with Crippen LogP contribution in [0.2, 0.25) is 0 Å². The standard InChI is InChI=1S/C8H6N.C4H9.2ClH.Ti/c1-2-4-8-7(3-1)5-6-9-8;1-4(2)3;;;/h1-5,9H;1-3H3;2*1H;/q2*-1;;;+4/p-2. The maximum Gasteiger partial charge on any atom is 4.00 e. The molecule has 0 aliphatic rings. The van der Waals surface area contributed by atoms with Crippen LogP contribution < -0.4 is 24.8 Å². The Bertz CT molecular complexity index is 328. The summed E-state index contributed by atoms with van der Waals surface area (Å²) in [6.07, 6.45) is 2.91. The van der Waals surface area contributed by atoms with Gasteiger partial charge in [-0.2, -0.15) is 32.2 Å². The van der Waals surface area contributed by atoms with Gasteiger partial charge in [-0.3, -0.25) is 0 Å². The van der Waals surface area contributed by atoms with Gasteiger partial charge >= 0.3 is 21.7 Å². The maximum absolute atomic E-state index is 2.99. The van der Waals surface area contributed by atoms with Crippen molar-refractivity contribution in [3.63, 3.8) is 0 Å². The minimum absolute atomic E-state index is 0. The zero-order chi connectivity index (χ0) is 9.68. The molecule has 0 spiro atoms. The van der Waals surface area contributed by atoms with Crippen LogP contribution in [0.3, 0.4) is 0 Å². The number of aromatic nitrogens is 1. The second-order valence-corrected chi connectivity index (χ2v) is 3.50. The third-order valence-electron chi connectivity index (χ3n) is 1.40. The van der Waals surface area contributed by atoms with Crippen LogP contribution in [0, 0.1) is 12.1 Å². The topological polar surface area (TPSA) is 15.8 Å². The Morgan fingerprint density at radius 1 is 1.06 bits per heavy atom. The van der Waals surface area contributed by atoms with Crippen molar-refractivity contribution >= 4 is 10.9 Å². The SMILES string of the molecule is C[C-](C)C.[Cl-].[Cl-].[Ti+4].[c-]1cc2ccccc2[nH]1. The van der Waals surface area contributed by atoms with Gasteiger partial charge in [0, 0.05) is 0 Å². The zero-order valence-corrected chi connectivity index (χ0v) is 12.7. The van der Waals surface area contributed by atoms with Crippen molar-refractivity contribution in [2.75, 3.05) is 0 Å². The summed E-state index contributed by atoms with van der Waals surface area (Å²) in [6.45, 7) is 6.25. The number of benzene rings is 1. The van der Waals surface area contributed by atoms with Crippen LogP contribution in [0.4, 0.5) is 0 Å². The molecule has 86 valence electrons. The first kappa shape index (κ1) is 21.4. The fourth-order valence-electron chi connectivity index (χ4n) is 0.928. The molecular weight excluding hydrogens is 277 g/mol. The number of hydrogen-bond acceptors (Lipinski definition) is 0. The Morgan fingerprint density at radius 3 is 2.06 bits per heavy atom. The number of halogens is 2. The molecule has 1 nitrogen and oxygen atoms in total. The summed E-state index contributed by atoms with van der Waals surface area (Å²) in [5.74, 6) is 1.42. The third kappa shape index (κ3) is 8.23. The van der Waals surface area contributed by atoms with Gasteiger partial charge in [0.25, 0.3) is 0 Å². The molecule has 4 heteroatoms. The van der Waals surface area contributed by atoms with Gasteiger partial charge < -0.3 is 35.7 Å². The zero-order valence-electron chi connectivity index (χ0n) is 9.64. The molecule has 0 aliphatic carbocycles. The van der Waals surface area contributed by atoms with E-state index in [4.69, 9.17) is 0 Å². The molecule has 2 rings (SSSR count). The molecule has 0 amide bonds. The predicted molar refractivity (Wildman–Crippen MR) is 57.4 cm³/mol. The molecule has 0 fully saturated rings. The van der Waals surface area contributed by atoms with E-state index in [2.05, 4.69) is 38.0 Å². The first-order chi connectivity index (χ1) is 6.20. The number of hydrogen-bond donors (Lipinski definition) is 1. The first-order valence-electron chi connectivity index (χ1n) is 4.40. The minimum Gasteiger partial charge on any atom is -1.00 e. The molecular formula is C12H15Cl2NTi. The first-order valence-corrected chi connectivity index (χ1v) is 4.40. The fourth-order valence-corrected chi connectivity index (χ4v) is 0.928. The van der Waals surface area contributed by atoms with Gasteiger partial charge in [0.15, 0.2) is 0 Å². The van der Waals surface area contributed by atoms with Crippen molar-refractivity contribution < 1.29 is 46.5 Å². The van der Waals surface area contributed by atoms with Crippen LogP contribution in [0.15, 0.2) is 30.3 Å². The quantitative estimate of drug-likeness (QED) is 0.411. The number of fused-ring (bicyclic) bond motifs is 1. The summed E-state index contributed by atoms with van der Waals surface area (Å²) in [5, 5.41) is 1.22. The van der Waals surface area contributed by atoms with E-state index in [1.807, 2.05) is 24.3 Å². The van der Waals surface area contributed by atoms with Crippen molar-refractivity contribution in [3.05, 3.63) is 42.4 Å². The predicted octanol–water partition coefficient (Wildman–Crippen LogP) is -2.41. The normalized spacial score (nSPS) is 8.00. The molecule has 1 aromatic heterocycles. The number of para-hydroxylation sites is 1. The minimum atomic E-state index is 0. The molecule has 1 aromatic carbocycles. The van der Waals surface area contributed by atoms with Crippen molar-refractivity contribution in [1.29, 1.82) is 0 Å². The summed E-state index contributed by atoms with van der Waals surface area (Å²) >= 11 is 0. The molecule has 0 atom stereocenters. The van der Waals surface area contributed by atoms with Crippen LogP contribution in [0.25, 0.3) is 10.9 Å². The van der Waals surface area contributed by atoms with Gasteiger partial charge in [-0.15, -0.1) is 23.8 Å². The molecule has 0 radical (unpaired) electrons. The van der Waals surface area contributed by atoms with Gasteiger partial charge in [0.2, 0.25) is 0 Å². The van der Waals surface area contributed by atoms with Crippen LogP contribution >= 0.6 is 0 Å². The summed E-state index contributed by atoms with van der Waals surface area (Å²) < 4.78 is 0. The largest absolute Gasteiger partial charge is 4.00 e. The van der Waals surface area contributed by atoms with Gasteiger partial charge in [-0.25, -0.2) is 0 Å². The molecule has 0 saturated carbocycles. The molecule has 1 N–H and O–H groups in total. The Labute approximate surface area is 125 Å². The molecule has 0 saturated heterocycles. The van der Waals surface area contributed by atoms with Crippen LogP contribution in [-0.2, 0) is 21.7 Å². The average molecular weight is 292 g/mol. The molecule has 0 unspecified atom stereocenters. The van der Waals surface area contributed by atoms with E-state index in [-0.39, 0.29) is 46.5 Å². The summed E-state index contributed by atoms with van der Waals surface area (Å²) in [6, 6.07) is 10.1. The second kappa shape index (κ2) is 11.5. The van der Waals surface area contributed by atoms with E-state index in [1.54, 1.807) is 0 Å². The Hall–Kier alpha value is 0.0543. The van der Waals surface area contributed by atoms with Gasteiger partial charge in [-0.05, 0) is 0 Å². The van der Waals surface area contributed by atoms with Crippen molar-refractivity contribution in [3.8, 4) is 0 Å². The van der Waals surface area contributed by atoms with Gasteiger partial charge in [-0.1, -0.05) is 12.1 Å². The molecule has 16 heavy (non-hydrogen) atoms. The van der Waals surface area contributed by atoms with E-state index in [0.29, 0.717) is 0 Å². The van der Waals surface area contributed by atoms with Crippen LogP contribution in [0.5, 0.6) is 0 Å². The fraction of sp³-hybridized carbons (Fsp3) is 0.250. The Morgan fingerprint density at radius 2 is 1.56 bits per heavy atom. The third-order valence-corrected chi connectivity index (χ3v) is 1.40. The van der Waals surface area contributed by atoms with E-state index in [0.717, 1.165) is 5.52 Å². The van der Waals surface area contributed by atoms with E-state index in [1.165, 1.54) is 11.3 Å². The average Bonchev–Trinajstić information content (AvgIpc) is 2.49. The number of nitrogens with one attached hydrogen (secondary N) is 1. The van der Waals surface area contributed by atoms with Crippen LogP contribution in [0.1, 0.15) is 20.8 Å². The van der Waals surface area contributed by atoms with Crippen molar-refractivity contribution in [1.82, 2.24) is 4.98 Å². The summed E-state index contributed by atoms with van der Waals surface area (Å²) in [7, 11) is 0. The van der Waals surface area contributed by atoms with Crippen molar-refractivity contribution in [2.45, 2.75) is 20.8 Å². The summed E-state index contributed by atoms with van der Waals surface area (Å²) in [5.41, 5.74) is 1.15.